The maximum atomic E-state index is 10.9. The van der Waals surface area contributed by atoms with E-state index in [4.69, 9.17) is 0 Å². The first-order chi connectivity index (χ1) is 7.58. The van der Waals surface area contributed by atoms with E-state index >= 15 is 0 Å². The summed E-state index contributed by atoms with van der Waals surface area (Å²) in [5.41, 5.74) is 0. The Balaban J connectivity index is 2.09. The van der Waals surface area contributed by atoms with E-state index in [1.54, 1.807) is 6.26 Å². The monoisotopic (exact) mass is 246 g/mol. The summed E-state index contributed by atoms with van der Waals surface area (Å²) in [6, 6.07) is 0.645. The Labute approximate surface area is 102 Å². The van der Waals surface area contributed by atoms with Crippen molar-refractivity contribution in [2.24, 2.45) is 5.92 Å². The van der Waals surface area contributed by atoms with Crippen LogP contribution in [0.2, 0.25) is 0 Å². The predicted octanol–water partition coefficient (Wildman–Crippen LogP) is 1.07. The summed E-state index contributed by atoms with van der Waals surface area (Å²) < 4.78 is 10.9. The van der Waals surface area contributed by atoms with Crippen LogP contribution in [0.1, 0.15) is 26.7 Å². The van der Waals surface area contributed by atoms with E-state index in [0.717, 1.165) is 18.2 Å². The van der Waals surface area contributed by atoms with Crippen LogP contribution >= 0.6 is 0 Å². The molecule has 0 aromatic rings. The fourth-order valence-corrected chi connectivity index (χ4v) is 2.65. The molecule has 1 N–H and O–H groups in total. The molecule has 1 aliphatic rings. The van der Waals surface area contributed by atoms with Gasteiger partial charge in [0.05, 0.1) is 0 Å². The Morgan fingerprint density at radius 2 is 2.00 bits per heavy atom. The fraction of sp³-hybridized carbons (Fsp3) is 1.00. The molecule has 0 spiro atoms. The lowest BCUT2D eigenvalue weighted by molar-refractivity contribution is 0.181. The SMILES string of the molecule is CC(C)CN1CCC(NCCS(C)=O)CC1. The first-order valence-electron chi connectivity index (χ1n) is 6.33. The lowest BCUT2D eigenvalue weighted by atomic mass is 10.0. The molecule has 1 aliphatic heterocycles. The summed E-state index contributed by atoms with van der Waals surface area (Å²) in [5, 5.41) is 3.51. The van der Waals surface area contributed by atoms with E-state index < -0.39 is 10.8 Å². The summed E-state index contributed by atoms with van der Waals surface area (Å²) in [5.74, 6) is 1.55. The van der Waals surface area contributed by atoms with Gasteiger partial charge in [-0.2, -0.15) is 0 Å². The second kappa shape index (κ2) is 7.41. The lowest BCUT2D eigenvalue weighted by Crippen LogP contribution is -2.44. The van der Waals surface area contributed by atoms with Gasteiger partial charge in [0, 0.05) is 41.9 Å². The van der Waals surface area contributed by atoms with Crippen LogP contribution in [0.5, 0.6) is 0 Å². The molecule has 0 saturated carbocycles. The molecule has 0 bridgehead atoms. The molecule has 0 aromatic carbocycles. The number of nitrogens with one attached hydrogen (secondary N) is 1. The van der Waals surface area contributed by atoms with Gasteiger partial charge >= 0.3 is 0 Å². The third-order valence-corrected chi connectivity index (χ3v) is 3.81. The van der Waals surface area contributed by atoms with Gasteiger partial charge in [0.1, 0.15) is 0 Å². The molecule has 3 nitrogen and oxygen atoms in total. The zero-order valence-electron chi connectivity index (χ0n) is 10.9. The Morgan fingerprint density at radius 3 is 2.50 bits per heavy atom. The van der Waals surface area contributed by atoms with Crippen molar-refractivity contribution in [3.8, 4) is 0 Å². The molecule has 0 aliphatic carbocycles. The molecule has 1 saturated heterocycles. The second-order valence-electron chi connectivity index (χ2n) is 5.20. The highest BCUT2D eigenvalue weighted by Gasteiger charge is 2.18. The normalized spacial score (nSPS) is 21.5. The number of nitrogens with zero attached hydrogens (tertiary/aromatic N) is 1. The molecule has 0 amide bonds. The number of hydrogen-bond donors (Lipinski definition) is 1. The molecule has 0 aromatic heterocycles. The van der Waals surface area contributed by atoms with Crippen molar-refractivity contribution in [2.75, 3.05) is 38.2 Å². The van der Waals surface area contributed by atoms with Gasteiger partial charge in [-0.25, -0.2) is 0 Å². The minimum absolute atomic E-state index is 0.645. The first kappa shape index (κ1) is 14.1. The smallest absolute Gasteiger partial charge is 0.0357 e. The van der Waals surface area contributed by atoms with Crippen LogP contribution in [0.3, 0.4) is 0 Å². The number of rotatable bonds is 6. The lowest BCUT2D eigenvalue weighted by Gasteiger charge is -2.33. The largest absolute Gasteiger partial charge is 0.313 e. The summed E-state index contributed by atoms with van der Waals surface area (Å²) in [7, 11) is -0.658. The van der Waals surface area contributed by atoms with Crippen LogP contribution < -0.4 is 5.32 Å². The molecule has 96 valence electrons. The van der Waals surface area contributed by atoms with Crippen LogP contribution in [0.4, 0.5) is 0 Å². The van der Waals surface area contributed by atoms with Crippen LogP contribution in [-0.4, -0.2) is 53.3 Å². The quantitative estimate of drug-likeness (QED) is 0.761. The third kappa shape index (κ3) is 5.97. The Bertz CT molecular complexity index is 213. The van der Waals surface area contributed by atoms with Crippen LogP contribution in [0.25, 0.3) is 0 Å². The topological polar surface area (TPSA) is 32.3 Å². The minimum atomic E-state index is -0.658. The van der Waals surface area contributed by atoms with Gasteiger partial charge in [-0.05, 0) is 31.8 Å². The molecule has 16 heavy (non-hydrogen) atoms. The minimum Gasteiger partial charge on any atom is -0.313 e. The Hall–Kier alpha value is 0.0700. The second-order valence-corrected chi connectivity index (χ2v) is 6.75. The molecule has 1 rings (SSSR count). The van der Waals surface area contributed by atoms with Gasteiger partial charge in [0.15, 0.2) is 0 Å². The van der Waals surface area contributed by atoms with Crippen molar-refractivity contribution in [1.82, 2.24) is 10.2 Å². The van der Waals surface area contributed by atoms with Gasteiger partial charge in [-0.1, -0.05) is 13.8 Å². The average Bonchev–Trinajstić information content (AvgIpc) is 2.19. The Kier molecular flexibility index (Phi) is 6.54. The number of piperidine rings is 1. The molecule has 4 heteroatoms. The van der Waals surface area contributed by atoms with E-state index in [9.17, 15) is 4.21 Å². The molecular formula is C12H26N2OS. The number of likely N-dealkylation sites (tertiary alicyclic amines) is 1. The zero-order valence-corrected chi connectivity index (χ0v) is 11.7. The van der Waals surface area contributed by atoms with Crippen molar-refractivity contribution >= 4 is 10.8 Å². The first-order valence-corrected chi connectivity index (χ1v) is 8.06. The van der Waals surface area contributed by atoms with E-state index in [2.05, 4.69) is 24.1 Å². The average molecular weight is 246 g/mol. The molecule has 0 radical (unpaired) electrons. The molecule has 1 fully saturated rings. The maximum Gasteiger partial charge on any atom is 0.0357 e. The molecule has 1 atom stereocenters. The number of hydrogen-bond acceptors (Lipinski definition) is 3. The highest BCUT2D eigenvalue weighted by Crippen LogP contribution is 2.11. The van der Waals surface area contributed by atoms with Crippen molar-refractivity contribution in [2.45, 2.75) is 32.7 Å². The van der Waals surface area contributed by atoms with Crippen LogP contribution in [0, 0.1) is 5.92 Å². The van der Waals surface area contributed by atoms with Crippen molar-refractivity contribution in [3.05, 3.63) is 0 Å². The van der Waals surface area contributed by atoms with Crippen molar-refractivity contribution in [1.29, 1.82) is 0 Å². The van der Waals surface area contributed by atoms with E-state index in [0.29, 0.717) is 6.04 Å². The van der Waals surface area contributed by atoms with Crippen molar-refractivity contribution < 1.29 is 4.21 Å². The molecular weight excluding hydrogens is 220 g/mol. The summed E-state index contributed by atoms with van der Waals surface area (Å²) in [6.07, 6.45) is 4.25. The highest BCUT2D eigenvalue weighted by atomic mass is 32.2. The van der Waals surface area contributed by atoms with Gasteiger partial charge in [0.2, 0.25) is 0 Å². The summed E-state index contributed by atoms with van der Waals surface area (Å²) in [4.78, 5) is 2.56. The fourth-order valence-electron chi connectivity index (χ4n) is 2.24. The van der Waals surface area contributed by atoms with Gasteiger partial charge in [-0.3, -0.25) is 4.21 Å². The van der Waals surface area contributed by atoms with E-state index in [1.165, 1.54) is 32.5 Å². The summed E-state index contributed by atoms with van der Waals surface area (Å²) >= 11 is 0. The van der Waals surface area contributed by atoms with Crippen LogP contribution in [0.15, 0.2) is 0 Å². The highest BCUT2D eigenvalue weighted by molar-refractivity contribution is 7.84. The zero-order chi connectivity index (χ0) is 12.0. The van der Waals surface area contributed by atoms with Gasteiger partial charge in [0.25, 0.3) is 0 Å². The standard InChI is InChI=1S/C12H26N2OS/c1-11(2)10-14-7-4-12(5-8-14)13-6-9-16(3)15/h11-13H,4-10H2,1-3H3. The Morgan fingerprint density at radius 1 is 1.38 bits per heavy atom. The molecule has 1 unspecified atom stereocenters. The van der Waals surface area contributed by atoms with Crippen LogP contribution in [-0.2, 0) is 10.8 Å². The van der Waals surface area contributed by atoms with Crippen molar-refractivity contribution in [3.63, 3.8) is 0 Å². The summed E-state index contributed by atoms with van der Waals surface area (Å²) in [6.45, 7) is 9.11. The predicted molar refractivity (Wildman–Crippen MR) is 71.2 cm³/mol. The van der Waals surface area contributed by atoms with Gasteiger partial charge in [-0.15, -0.1) is 0 Å². The third-order valence-electron chi connectivity index (χ3n) is 3.03. The van der Waals surface area contributed by atoms with E-state index in [1.807, 2.05) is 0 Å². The van der Waals surface area contributed by atoms with E-state index in [-0.39, 0.29) is 0 Å². The van der Waals surface area contributed by atoms with Gasteiger partial charge < -0.3 is 10.2 Å². The maximum absolute atomic E-state index is 10.9. The molecule has 1 heterocycles.